The van der Waals surface area contributed by atoms with Gasteiger partial charge in [-0.1, -0.05) is 26.0 Å². The van der Waals surface area contributed by atoms with E-state index < -0.39 is 0 Å². The second-order valence-corrected chi connectivity index (χ2v) is 5.06. The second-order valence-electron chi connectivity index (χ2n) is 5.06. The van der Waals surface area contributed by atoms with Crippen LogP contribution in [-0.2, 0) is 6.42 Å². The molecular formula is C15H25NO2. The van der Waals surface area contributed by atoms with Crippen molar-refractivity contribution in [2.24, 2.45) is 5.92 Å². The van der Waals surface area contributed by atoms with E-state index in [0.717, 1.165) is 25.1 Å². The van der Waals surface area contributed by atoms with Crippen molar-refractivity contribution < 1.29 is 9.84 Å². The first-order valence-electron chi connectivity index (χ1n) is 6.63. The van der Waals surface area contributed by atoms with E-state index in [1.54, 1.807) is 7.11 Å². The lowest BCUT2D eigenvalue weighted by Crippen LogP contribution is -2.35. The summed E-state index contributed by atoms with van der Waals surface area (Å²) in [6, 6.07) is 8.33. The molecule has 1 atom stereocenters. The van der Waals surface area contributed by atoms with Gasteiger partial charge in [0, 0.05) is 6.04 Å². The summed E-state index contributed by atoms with van der Waals surface area (Å²) in [7, 11) is 1.67. The summed E-state index contributed by atoms with van der Waals surface area (Å²) in [6.45, 7) is 5.45. The predicted octanol–water partition coefficient (Wildman–Crippen LogP) is 2.23. The van der Waals surface area contributed by atoms with Crippen LogP contribution in [0.2, 0.25) is 0 Å². The molecular weight excluding hydrogens is 226 g/mol. The minimum atomic E-state index is 0.209. The highest BCUT2D eigenvalue weighted by Gasteiger charge is 2.08. The molecule has 18 heavy (non-hydrogen) atoms. The van der Waals surface area contributed by atoms with Gasteiger partial charge >= 0.3 is 0 Å². The summed E-state index contributed by atoms with van der Waals surface area (Å²) in [6.07, 6.45) is 1.98. The molecule has 0 heterocycles. The van der Waals surface area contributed by atoms with E-state index in [1.807, 2.05) is 12.1 Å². The normalized spacial score (nSPS) is 12.7. The number of rotatable bonds is 8. The second kappa shape index (κ2) is 8.11. The number of aliphatic hydroxyl groups is 1. The van der Waals surface area contributed by atoms with E-state index in [4.69, 9.17) is 4.74 Å². The minimum absolute atomic E-state index is 0.209. The third-order valence-electron chi connectivity index (χ3n) is 2.98. The Balaban J connectivity index is 2.31. The fourth-order valence-electron chi connectivity index (χ4n) is 2.00. The fourth-order valence-corrected chi connectivity index (χ4v) is 2.00. The molecule has 0 fully saturated rings. The van der Waals surface area contributed by atoms with Gasteiger partial charge in [0.1, 0.15) is 5.75 Å². The van der Waals surface area contributed by atoms with Gasteiger partial charge in [0.05, 0.1) is 13.7 Å². The molecule has 1 unspecified atom stereocenters. The van der Waals surface area contributed by atoms with Gasteiger partial charge in [0.15, 0.2) is 0 Å². The lowest BCUT2D eigenvalue weighted by Gasteiger charge is -2.18. The van der Waals surface area contributed by atoms with Gasteiger partial charge in [-0.15, -0.1) is 0 Å². The topological polar surface area (TPSA) is 41.5 Å². The maximum Gasteiger partial charge on any atom is 0.118 e. The maximum atomic E-state index is 9.26. The van der Waals surface area contributed by atoms with Crippen molar-refractivity contribution in [2.45, 2.75) is 32.7 Å². The van der Waals surface area contributed by atoms with E-state index >= 15 is 0 Å². The molecule has 0 saturated heterocycles. The van der Waals surface area contributed by atoms with Crippen molar-refractivity contribution in [3.8, 4) is 5.75 Å². The van der Waals surface area contributed by atoms with Crippen LogP contribution in [0.1, 0.15) is 25.8 Å². The Kier molecular flexibility index (Phi) is 6.76. The van der Waals surface area contributed by atoms with E-state index in [0.29, 0.717) is 5.92 Å². The Bertz CT molecular complexity index is 322. The summed E-state index contributed by atoms with van der Waals surface area (Å²) >= 11 is 0. The van der Waals surface area contributed by atoms with Gasteiger partial charge < -0.3 is 15.2 Å². The van der Waals surface area contributed by atoms with Crippen LogP contribution in [0.4, 0.5) is 0 Å². The molecule has 0 aliphatic rings. The van der Waals surface area contributed by atoms with Crippen molar-refractivity contribution in [1.82, 2.24) is 5.32 Å². The van der Waals surface area contributed by atoms with Crippen molar-refractivity contribution in [3.05, 3.63) is 29.8 Å². The third-order valence-corrected chi connectivity index (χ3v) is 2.98. The highest BCUT2D eigenvalue weighted by atomic mass is 16.5. The lowest BCUT2D eigenvalue weighted by molar-refractivity contribution is 0.225. The van der Waals surface area contributed by atoms with Gasteiger partial charge in [-0.25, -0.2) is 0 Å². The summed E-state index contributed by atoms with van der Waals surface area (Å²) in [5.74, 6) is 1.50. The Morgan fingerprint density at radius 2 is 1.89 bits per heavy atom. The molecule has 0 spiro atoms. The highest BCUT2D eigenvalue weighted by Crippen LogP contribution is 2.11. The number of ether oxygens (including phenoxy) is 1. The zero-order valence-corrected chi connectivity index (χ0v) is 11.6. The van der Waals surface area contributed by atoms with Gasteiger partial charge in [0.25, 0.3) is 0 Å². The average Bonchev–Trinajstić information content (AvgIpc) is 2.38. The molecule has 0 saturated carbocycles. The number of hydrogen-bond donors (Lipinski definition) is 2. The van der Waals surface area contributed by atoms with Gasteiger partial charge in [-0.05, 0) is 43.0 Å². The van der Waals surface area contributed by atoms with E-state index in [9.17, 15) is 5.11 Å². The van der Waals surface area contributed by atoms with Crippen LogP contribution < -0.4 is 10.1 Å². The van der Waals surface area contributed by atoms with Crippen LogP contribution >= 0.6 is 0 Å². The first kappa shape index (κ1) is 15.0. The molecule has 0 bridgehead atoms. The average molecular weight is 251 g/mol. The Hall–Kier alpha value is -1.06. The van der Waals surface area contributed by atoms with Crippen LogP contribution in [0.5, 0.6) is 5.75 Å². The van der Waals surface area contributed by atoms with Crippen molar-refractivity contribution >= 4 is 0 Å². The van der Waals surface area contributed by atoms with E-state index in [-0.39, 0.29) is 12.6 Å². The number of aliphatic hydroxyl groups excluding tert-OH is 1. The maximum absolute atomic E-state index is 9.26. The first-order chi connectivity index (χ1) is 8.65. The molecule has 0 aliphatic carbocycles. The zero-order valence-electron chi connectivity index (χ0n) is 11.6. The third kappa shape index (κ3) is 5.52. The van der Waals surface area contributed by atoms with Crippen LogP contribution in [0.3, 0.4) is 0 Å². The lowest BCUT2D eigenvalue weighted by atomic mass is 10.0. The Morgan fingerprint density at radius 1 is 1.22 bits per heavy atom. The van der Waals surface area contributed by atoms with E-state index in [2.05, 4.69) is 31.3 Å². The number of nitrogens with one attached hydrogen (secondary N) is 1. The molecule has 0 aliphatic heterocycles. The summed E-state index contributed by atoms with van der Waals surface area (Å²) < 4.78 is 5.12. The molecule has 3 heteroatoms. The summed E-state index contributed by atoms with van der Waals surface area (Å²) in [5.41, 5.74) is 1.28. The van der Waals surface area contributed by atoms with Crippen molar-refractivity contribution in [1.29, 1.82) is 0 Å². The Labute approximate surface area is 110 Å². The molecule has 1 rings (SSSR count). The van der Waals surface area contributed by atoms with Gasteiger partial charge in [-0.2, -0.15) is 0 Å². The summed E-state index contributed by atoms with van der Waals surface area (Å²) in [5, 5.41) is 12.7. The number of hydrogen-bond acceptors (Lipinski definition) is 3. The smallest absolute Gasteiger partial charge is 0.118 e. The van der Waals surface area contributed by atoms with Crippen molar-refractivity contribution in [2.75, 3.05) is 20.3 Å². The minimum Gasteiger partial charge on any atom is -0.497 e. The molecule has 2 N–H and O–H groups in total. The predicted molar refractivity (Wildman–Crippen MR) is 75.0 cm³/mol. The SMILES string of the molecule is COc1ccc(CCNC(CO)CC(C)C)cc1. The molecule has 0 aromatic heterocycles. The zero-order chi connectivity index (χ0) is 13.4. The van der Waals surface area contributed by atoms with Crippen molar-refractivity contribution in [3.63, 3.8) is 0 Å². The molecule has 1 aromatic carbocycles. The van der Waals surface area contributed by atoms with Crippen LogP contribution in [0, 0.1) is 5.92 Å². The molecule has 102 valence electrons. The summed E-state index contributed by atoms with van der Waals surface area (Å²) in [4.78, 5) is 0. The first-order valence-corrected chi connectivity index (χ1v) is 6.63. The standard InChI is InChI=1S/C15H25NO2/c1-12(2)10-14(11-17)16-9-8-13-4-6-15(18-3)7-5-13/h4-7,12,14,16-17H,8-11H2,1-3H3. The highest BCUT2D eigenvalue weighted by molar-refractivity contribution is 5.27. The molecule has 3 nitrogen and oxygen atoms in total. The molecule has 0 radical (unpaired) electrons. The van der Waals surface area contributed by atoms with Crippen LogP contribution in [-0.4, -0.2) is 31.4 Å². The number of benzene rings is 1. The largest absolute Gasteiger partial charge is 0.497 e. The Morgan fingerprint density at radius 3 is 2.39 bits per heavy atom. The van der Waals surface area contributed by atoms with Gasteiger partial charge in [-0.3, -0.25) is 0 Å². The van der Waals surface area contributed by atoms with E-state index in [1.165, 1.54) is 5.56 Å². The molecule has 0 amide bonds. The monoisotopic (exact) mass is 251 g/mol. The number of methoxy groups -OCH3 is 1. The molecule has 1 aromatic rings. The van der Waals surface area contributed by atoms with Crippen LogP contribution in [0.15, 0.2) is 24.3 Å². The van der Waals surface area contributed by atoms with Gasteiger partial charge in [0.2, 0.25) is 0 Å². The quantitative estimate of drug-likeness (QED) is 0.744. The fraction of sp³-hybridized carbons (Fsp3) is 0.600. The van der Waals surface area contributed by atoms with Crippen LogP contribution in [0.25, 0.3) is 0 Å².